The van der Waals surface area contributed by atoms with Gasteiger partial charge in [0, 0.05) is 18.6 Å². The summed E-state index contributed by atoms with van der Waals surface area (Å²) in [5, 5.41) is 3.37. The molecule has 4 N–H and O–H groups in total. The molecule has 4 atom stereocenters. The van der Waals surface area contributed by atoms with Gasteiger partial charge in [0.2, 0.25) is 5.95 Å². The lowest BCUT2D eigenvalue weighted by Crippen LogP contribution is -2.65. The Morgan fingerprint density at radius 2 is 2.28 bits per heavy atom. The van der Waals surface area contributed by atoms with Crippen LogP contribution in [0.1, 0.15) is 6.42 Å². The van der Waals surface area contributed by atoms with Crippen molar-refractivity contribution in [3.63, 3.8) is 0 Å². The van der Waals surface area contributed by atoms with E-state index in [0.29, 0.717) is 5.92 Å². The maximum absolute atomic E-state index is 6.17. The standard InChI is InChI=1S/C13H16N4O/c14-10-7-5-6-18-12(7)11(10)17-13-15-8-3-1-2-4-9(8)16-13/h1-4,7,10-12H,5-6,14H2,(H2,15,16,17). The first-order valence-electron chi connectivity index (χ1n) is 6.41. The third kappa shape index (κ3) is 1.38. The highest BCUT2D eigenvalue weighted by atomic mass is 16.5. The SMILES string of the molecule is NC1C2CCOC2C1Nc1nc2ccccc2[nH]1. The zero-order valence-electron chi connectivity index (χ0n) is 9.97. The van der Waals surface area contributed by atoms with Crippen LogP contribution in [-0.2, 0) is 4.74 Å². The highest BCUT2D eigenvalue weighted by molar-refractivity contribution is 5.77. The predicted molar refractivity (Wildman–Crippen MR) is 69.3 cm³/mol. The molecule has 0 spiro atoms. The third-order valence-electron chi connectivity index (χ3n) is 4.14. The molecular weight excluding hydrogens is 228 g/mol. The maximum Gasteiger partial charge on any atom is 0.201 e. The highest BCUT2D eigenvalue weighted by Gasteiger charge is 2.52. The fraction of sp³-hybridized carbons (Fsp3) is 0.462. The summed E-state index contributed by atoms with van der Waals surface area (Å²) in [4.78, 5) is 7.77. The van der Waals surface area contributed by atoms with Crippen LogP contribution < -0.4 is 11.1 Å². The van der Waals surface area contributed by atoms with Crippen LogP contribution in [0.4, 0.5) is 5.95 Å². The molecule has 2 heterocycles. The summed E-state index contributed by atoms with van der Waals surface area (Å²) in [5.74, 6) is 1.30. The average Bonchev–Trinajstić information content (AvgIpc) is 2.99. The largest absolute Gasteiger partial charge is 0.376 e. The Morgan fingerprint density at radius 1 is 1.39 bits per heavy atom. The number of para-hydroxylation sites is 2. The number of aromatic nitrogens is 2. The van der Waals surface area contributed by atoms with Gasteiger partial charge in [-0.25, -0.2) is 4.98 Å². The van der Waals surface area contributed by atoms with Gasteiger partial charge in [-0.15, -0.1) is 0 Å². The second-order valence-corrected chi connectivity index (χ2v) is 5.14. The summed E-state index contributed by atoms with van der Waals surface area (Å²) >= 11 is 0. The molecule has 0 amide bonds. The number of nitrogens with two attached hydrogens (primary N) is 1. The van der Waals surface area contributed by atoms with Crippen molar-refractivity contribution in [2.75, 3.05) is 11.9 Å². The number of aromatic amines is 1. The van der Waals surface area contributed by atoms with E-state index in [4.69, 9.17) is 10.5 Å². The number of H-pyrrole nitrogens is 1. The summed E-state index contributed by atoms with van der Waals surface area (Å²) in [5.41, 5.74) is 8.17. The zero-order valence-corrected chi connectivity index (χ0v) is 9.97. The minimum Gasteiger partial charge on any atom is -0.376 e. The van der Waals surface area contributed by atoms with Crippen LogP contribution in [0.2, 0.25) is 0 Å². The lowest BCUT2D eigenvalue weighted by molar-refractivity contribution is 0.00513. The number of fused-ring (bicyclic) bond motifs is 2. The summed E-state index contributed by atoms with van der Waals surface area (Å²) in [6.45, 7) is 0.835. The smallest absolute Gasteiger partial charge is 0.201 e. The van der Waals surface area contributed by atoms with Crippen molar-refractivity contribution in [3.8, 4) is 0 Å². The summed E-state index contributed by atoms with van der Waals surface area (Å²) in [6.07, 6.45) is 1.35. The van der Waals surface area contributed by atoms with Crippen molar-refractivity contribution in [2.45, 2.75) is 24.6 Å². The van der Waals surface area contributed by atoms with Crippen LogP contribution in [0.5, 0.6) is 0 Å². The Balaban J connectivity index is 1.57. The van der Waals surface area contributed by atoms with Gasteiger partial charge in [0.05, 0.1) is 23.2 Å². The van der Waals surface area contributed by atoms with Gasteiger partial charge in [0.25, 0.3) is 0 Å². The Morgan fingerprint density at radius 3 is 3.17 bits per heavy atom. The fourth-order valence-electron chi connectivity index (χ4n) is 3.11. The molecule has 94 valence electrons. The molecule has 1 aliphatic heterocycles. The molecule has 4 rings (SSSR count). The Labute approximate surface area is 105 Å². The summed E-state index contributed by atoms with van der Waals surface area (Å²) < 4.78 is 5.70. The Hall–Kier alpha value is -1.59. The number of rotatable bonds is 2. The van der Waals surface area contributed by atoms with Gasteiger partial charge < -0.3 is 20.8 Å². The van der Waals surface area contributed by atoms with Gasteiger partial charge in [0.1, 0.15) is 0 Å². The number of nitrogens with one attached hydrogen (secondary N) is 2. The molecule has 1 aromatic carbocycles. The molecule has 5 nitrogen and oxygen atoms in total. The first-order valence-corrected chi connectivity index (χ1v) is 6.41. The van der Waals surface area contributed by atoms with Gasteiger partial charge in [-0.1, -0.05) is 12.1 Å². The molecule has 0 bridgehead atoms. The molecular formula is C13H16N4O. The second kappa shape index (κ2) is 3.70. The van der Waals surface area contributed by atoms with Crippen LogP contribution in [0, 0.1) is 5.92 Å². The number of anilines is 1. The molecule has 18 heavy (non-hydrogen) atoms. The minimum atomic E-state index is 0.172. The summed E-state index contributed by atoms with van der Waals surface area (Å²) in [7, 11) is 0. The molecule has 2 fully saturated rings. The van der Waals surface area contributed by atoms with Gasteiger partial charge >= 0.3 is 0 Å². The summed E-state index contributed by atoms with van der Waals surface area (Å²) in [6, 6.07) is 8.34. The van der Waals surface area contributed by atoms with Gasteiger partial charge in [-0.05, 0) is 18.6 Å². The van der Waals surface area contributed by atoms with E-state index >= 15 is 0 Å². The van der Waals surface area contributed by atoms with Crippen LogP contribution in [-0.4, -0.2) is 34.8 Å². The van der Waals surface area contributed by atoms with E-state index in [-0.39, 0.29) is 18.2 Å². The van der Waals surface area contributed by atoms with Gasteiger partial charge in [-0.3, -0.25) is 0 Å². The molecule has 1 saturated heterocycles. The van der Waals surface area contributed by atoms with Crippen molar-refractivity contribution >= 4 is 17.0 Å². The molecule has 0 radical (unpaired) electrons. The number of imidazole rings is 1. The molecule has 1 saturated carbocycles. The third-order valence-corrected chi connectivity index (χ3v) is 4.14. The number of nitrogens with zero attached hydrogens (tertiary/aromatic N) is 1. The number of benzene rings is 1. The normalized spacial score (nSPS) is 34.3. The van der Waals surface area contributed by atoms with Crippen molar-refractivity contribution < 1.29 is 4.74 Å². The molecule has 5 heteroatoms. The highest BCUT2D eigenvalue weighted by Crippen LogP contribution is 2.39. The zero-order chi connectivity index (χ0) is 12.1. The molecule has 2 aromatic rings. The average molecular weight is 244 g/mol. The predicted octanol–water partition coefficient (Wildman–Crippen LogP) is 1.09. The fourth-order valence-corrected chi connectivity index (χ4v) is 3.11. The molecule has 4 unspecified atom stereocenters. The number of hydrogen-bond donors (Lipinski definition) is 3. The van der Waals surface area contributed by atoms with Gasteiger partial charge in [-0.2, -0.15) is 0 Å². The van der Waals surface area contributed by atoms with Crippen LogP contribution in [0.25, 0.3) is 11.0 Å². The van der Waals surface area contributed by atoms with Crippen molar-refractivity contribution in [2.24, 2.45) is 11.7 Å². The number of hydrogen-bond acceptors (Lipinski definition) is 4. The van der Waals surface area contributed by atoms with Crippen LogP contribution >= 0.6 is 0 Å². The Kier molecular flexibility index (Phi) is 2.13. The van der Waals surface area contributed by atoms with E-state index in [2.05, 4.69) is 15.3 Å². The van der Waals surface area contributed by atoms with Crippen molar-refractivity contribution in [1.82, 2.24) is 9.97 Å². The van der Waals surface area contributed by atoms with Crippen LogP contribution in [0.3, 0.4) is 0 Å². The van der Waals surface area contributed by atoms with E-state index in [0.717, 1.165) is 30.0 Å². The van der Waals surface area contributed by atoms with Gasteiger partial charge in [0.15, 0.2) is 0 Å². The quantitative estimate of drug-likeness (QED) is 0.739. The van der Waals surface area contributed by atoms with E-state index in [9.17, 15) is 0 Å². The first kappa shape index (κ1) is 10.3. The Bertz CT molecular complexity index is 548. The lowest BCUT2D eigenvalue weighted by atomic mass is 9.72. The van der Waals surface area contributed by atoms with E-state index < -0.39 is 0 Å². The number of ether oxygens (including phenoxy) is 1. The van der Waals surface area contributed by atoms with Crippen molar-refractivity contribution in [3.05, 3.63) is 24.3 Å². The minimum absolute atomic E-state index is 0.172. The van der Waals surface area contributed by atoms with Crippen molar-refractivity contribution in [1.29, 1.82) is 0 Å². The molecule has 1 aliphatic carbocycles. The molecule has 1 aromatic heterocycles. The van der Waals surface area contributed by atoms with E-state index in [1.54, 1.807) is 0 Å². The topological polar surface area (TPSA) is 76.0 Å². The molecule has 2 aliphatic rings. The first-order chi connectivity index (χ1) is 8.83. The van der Waals surface area contributed by atoms with Crippen LogP contribution in [0.15, 0.2) is 24.3 Å². The van der Waals surface area contributed by atoms with E-state index in [1.807, 2.05) is 24.3 Å². The maximum atomic E-state index is 6.17. The monoisotopic (exact) mass is 244 g/mol. The lowest BCUT2D eigenvalue weighted by Gasteiger charge is -2.45. The van der Waals surface area contributed by atoms with E-state index in [1.165, 1.54) is 0 Å². The second-order valence-electron chi connectivity index (χ2n) is 5.14.